The van der Waals surface area contributed by atoms with Crippen molar-refractivity contribution in [2.24, 2.45) is 11.8 Å². The van der Waals surface area contributed by atoms with Gasteiger partial charge in [-0.2, -0.15) is 0 Å². The molecule has 2 heteroatoms. The standard InChI is InChI=1S/C12H20O2/c1-9(2)8-14-12(13)11-6-4-5-10(3)7-11/h10-11H,1,4-8H2,2-3H3. The van der Waals surface area contributed by atoms with Crippen LogP contribution in [0.25, 0.3) is 0 Å². The molecule has 0 aromatic heterocycles. The summed E-state index contributed by atoms with van der Waals surface area (Å²) in [6, 6.07) is 0. The highest BCUT2D eigenvalue weighted by Gasteiger charge is 2.25. The third kappa shape index (κ3) is 3.52. The van der Waals surface area contributed by atoms with Gasteiger partial charge in [-0.3, -0.25) is 4.79 Å². The molecule has 1 aliphatic rings. The van der Waals surface area contributed by atoms with E-state index < -0.39 is 0 Å². The van der Waals surface area contributed by atoms with Crippen molar-refractivity contribution in [3.05, 3.63) is 12.2 Å². The minimum absolute atomic E-state index is 0.0282. The van der Waals surface area contributed by atoms with Gasteiger partial charge in [-0.15, -0.1) is 0 Å². The second-order valence-corrected chi connectivity index (χ2v) is 4.53. The van der Waals surface area contributed by atoms with Crippen LogP contribution in [0.4, 0.5) is 0 Å². The summed E-state index contributed by atoms with van der Waals surface area (Å²) in [5, 5.41) is 0. The lowest BCUT2D eigenvalue weighted by atomic mass is 9.82. The van der Waals surface area contributed by atoms with Gasteiger partial charge in [0.25, 0.3) is 0 Å². The molecule has 2 nitrogen and oxygen atoms in total. The Balaban J connectivity index is 2.32. The minimum atomic E-state index is -0.0282. The summed E-state index contributed by atoms with van der Waals surface area (Å²) in [4.78, 5) is 11.6. The van der Waals surface area contributed by atoms with Crippen molar-refractivity contribution in [2.45, 2.75) is 39.5 Å². The Morgan fingerprint density at radius 1 is 1.50 bits per heavy atom. The summed E-state index contributed by atoms with van der Waals surface area (Å²) < 4.78 is 5.15. The van der Waals surface area contributed by atoms with Crippen molar-refractivity contribution in [2.75, 3.05) is 6.61 Å². The average Bonchev–Trinajstić information content (AvgIpc) is 2.14. The maximum atomic E-state index is 11.6. The Kier molecular flexibility index (Phi) is 4.18. The first-order valence-corrected chi connectivity index (χ1v) is 5.40. The molecule has 14 heavy (non-hydrogen) atoms. The first-order valence-electron chi connectivity index (χ1n) is 5.40. The van der Waals surface area contributed by atoms with Crippen molar-refractivity contribution in [1.29, 1.82) is 0 Å². The van der Waals surface area contributed by atoms with Crippen molar-refractivity contribution in [3.8, 4) is 0 Å². The van der Waals surface area contributed by atoms with E-state index in [4.69, 9.17) is 4.74 Å². The number of hydrogen-bond donors (Lipinski definition) is 0. The Hall–Kier alpha value is -0.790. The van der Waals surface area contributed by atoms with Gasteiger partial charge in [0.05, 0.1) is 5.92 Å². The van der Waals surface area contributed by atoms with Crippen molar-refractivity contribution < 1.29 is 9.53 Å². The van der Waals surface area contributed by atoms with Gasteiger partial charge in [0.15, 0.2) is 0 Å². The zero-order valence-corrected chi connectivity index (χ0v) is 9.21. The highest BCUT2D eigenvalue weighted by Crippen LogP contribution is 2.29. The van der Waals surface area contributed by atoms with Crippen molar-refractivity contribution in [1.82, 2.24) is 0 Å². The molecule has 0 heterocycles. The van der Waals surface area contributed by atoms with Crippen LogP contribution in [0.1, 0.15) is 39.5 Å². The van der Waals surface area contributed by atoms with Gasteiger partial charge >= 0.3 is 5.97 Å². The summed E-state index contributed by atoms with van der Waals surface area (Å²) >= 11 is 0. The van der Waals surface area contributed by atoms with E-state index in [1.165, 1.54) is 6.42 Å². The van der Waals surface area contributed by atoms with Crippen LogP contribution in [0.3, 0.4) is 0 Å². The third-order valence-corrected chi connectivity index (χ3v) is 2.73. The molecule has 1 aliphatic carbocycles. The maximum absolute atomic E-state index is 11.6. The highest BCUT2D eigenvalue weighted by atomic mass is 16.5. The van der Waals surface area contributed by atoms with E-state index in [1.807, 2.05) is 6.92 Å². The molecule has 1 fully saturated rings. The van der Waals surface area contributed by atoms with Crippen LogP contribution < -0.4 is 0 Å². The quantitative estimate of drug-likeness (QED) is 0.512. The van der Waals surface area contributed by atoms with E-state index in [-0.39, 0.29) is 11.9 Å². The lowest BCUT2D eigenvalue weighted by Crippen LogP contribution is -2.24. The molecule has 1 rings (SSSR count). The van der Waals surface area contributed by atoms with Gasteiger partial charge in [-0.05, 0) is 31.3 Å². The molecular weight excluding hydrogens is 176 g/mol. The Morgan fingerprint density at radius 2 is 2.21 bits per heavy atom. The Bertz CT molecular complexity index is 220. The molecule has 0 amide bonds. The number of esters is 1. The number of hydrogen-bond acceptors (Lipinski definition) is 2. The Morgan fingerprint density at radius 3 is 2.79 bits per heavy atom. The second kappa shape index (κ2) is 5.18. The molecule has 0 radical (unpaired) electrons. The largest absolute Gasteiger partial charge is 0.461 e. The molecule has 2 unspecified atom stereocenters. The van der Waals surface area contributed by atoms with Gasteiger partial charge in [0, 0.05) is 0 Å². The fourth-order valence-electron chi connectivity index (χ4n) is 1.96. The molecule has 0 N–H and O–H groups in total. The van der Waals surface area contributed by atoms with Gasteiger partial charge in [-0.1, -0.05) is 26.3 Å². The van der Waals surface area contributed by atoms with Crippen molar-refractivity contribution in [3.63, 3.8) is 0 Å². The smallest absolute Gasteiger partial charge is 0.309 e. The molecule has 0 saturated heterocycles. The molecule has 80 valence electrons. The summed E-state index contributed by atoms with van der Waals surface area (Å²) in [5.74, 6) is 0.781. The average molecular weight is 196 g/mol. The lowest BCUT2D eigenvalue weighted by molar-refractivity contribution is -0.149. The zero-order valence-electron chi connectivity index (χ0n) is 9.21. The fourth-order valence-corrected chi connectivity index (χ4v) is 1.96. The summed E-state index contributed by atoms with van der Waals surface area (Å²) in [7, 11) is 0. The van der Waals surface area contributed by atoms with Crippen LogP contribution in [0.2, 0.25) is 0 Å². The lowest BCUT2D eigenvalue weighted by Gasteiger charge is -2.25. The summed E-state index contributed by atoms with van der Waals surface area (Å²) in [6.07, 6.45) is 4.41. The fraction of sp³-hybridized carbons (Fsp3) is 0.750. The first-order chi connectivity index (χ1) is 6.59. The SMILES string of the molecule is C=C(C)COC(=O)C1CCCC(C)C1. The second-order valence-electron chi connectivity index (χ2n) is 4.53. The van der Waals surface area contributed by atoms with E-state index >= 15 is 0 Å². The van der Waals surface area contributed by atoms with Crippen molar-refractivity contribution >= 4 is 5.97 Å². The molecule has 1 saturated carbocycles. The monoisotopic (exact) mass is 196 g/mol. The highest BCUT2D eigenvalue weighted by molar-refractivity contribution is 5.72. The van der Waals surface area contributed by atoms with E-state index in [1.54, 1.807) is 0 Å². The number of ether oxygens (including phenoxy) is 1. The topological polar surface area (TPSA) is 26.3 Å². The number of carbonyl (C=O) groups is 1. The summed E-state index contributed by atoms with van der Waals surface area (Å²) in [5.41, 5.74) is 0.905. The molecular formula is C12H20O2. The first kappa shape index (κ1) is 11.3. The van der Waals surface area contributed by atoms with E-state index in [9.17, 15) is 4.79 Å². The molecule has 0 aromatic carbocycles. The van der Waals surface area contributed by atoms with Gasteiger partial charge < -0.3 is 4.74 Å². The van der Waals surface area contributed by atoms with Crippen LogP contribution in [0.5, 0.6) is 0 Å². The van der Waals surface area contributed by atoms with E-state index in [0.29, 0.717) is 12.5 Å². The third-order valence-electron chi connectivity index (χ3n) is 2.73. The van der Waals surface area contributed by atoms with E-state index in [2.05, 4.69) is 13.5 Å². The van der Waals surface area contributed by atoms with Crippen LogP contribution in [0.15, 0.2) is 12.2 Å². The summed E-state index contributed by atoms with van der Waals surface area (Å²) in [6.45, 7) is 8.17. The van der Waals surface area contributed by atoms with Gasteiger partial charge in [0.2, 0.25) is 0 Å². The van der Waals surface area contributed by atoms with E-state index in [0.717, 1.165) is 24.8 Å². The van der Waals surface area contributed by atoms with Gasteiger partial charge in [-0.25, -0.2) is 0 Å². The van der Waals surface area contributed by atoms with Crippen LogP contribution in [0, 0.1) is 11.8 Å². The molecule has 0 aromatic rings. The van der Waals surface area contributed by atoms with Crippen LogP contribution >= 0.6 is 0 Å². The predicted octanol–water partition coefficient (Wildman–Crippen LogP) is 2.93. The normalized spacial score (nSPS) is 27.0. The van der Waals surface area contributed by atoms with Crippen LogP contribution in [-0.4, -0.2) is 12.6 Å². The molecule has 0 bridgehead atoms. The van der Waals surface area contributed by atoms with Gasteiger partial charge in [0.1, 0.15) is 6.61 Å². The Labute approximate surface area is 86.3 Å². The number of carbonyl (C=O) groups excluding carboxylic acids is 1. The minimum Gasteiger partial charge on any atom is -0.461 e. The molecule has 0 aliphatic heterocycles. The number of rotatable bonds is 3. The molecule has 0 spiro atoms. The maximum Gasteiger partial charge on any atom is 0.309 e. The van der Waals surface area contributed by atoms with Crippen LogP contribution in [-0.2, 0) is 9.53 Å². The zero-order chi connectivity index (χ0) is 10.6. The predicted molar refractivity (Wildman–Crippen MR) is 56.9 cm³/mol. The molecule has 2 atom stereocenters.